The van der Waals surface area contributed by atoms with Crippen molar-refractivity contribution in [2.75, 3.05) is 0 Å². The maximum absolute atomic E-state index is 0. The van der Waals surface area contributed by atoms with Gasteiger partial charge in [0.25, 0.3) is 0 Å². The summed E-state index contributed by atoms with van der Waals surface area (Å²) >= 11 is 0. The molecule has 0 aliphatic carbocycles. The van der Waals surface area contributed by atoms with Crippen molar-refractivity contribution in [1.29, 1.82) is 0 Å². The molecule has 16 valence electrons. The normalized spacial score (nSPS) is 0. The van der Waals surface area contributed by atoms with Crippen molar-refractivity contribution in [2.45, 2.75) is 0 Å². The van der Waals surface area contributed by atoms with Crippen LogP contribution in [-0.2, 0) is 19.5 Å². The minimum atomic E-state index is 0. The van der Waals surface area contributed by atoms with Gasteiger partial charge in [0, 0.05) is 19.5 Å². The molecule has 0 spiro atoms. The Balaban J connectivity index is 0. The molecule has 0 rings (SSSR count). The Bertz CT molecular complexity index is 11.6. The van der Waals surface area contributed by atoms with E-state index in [0.717, 1.165) is 0 Å². The molecule has 0 saturated carbocycles. The molecule has 0 aromatic carbocycles. The molecule has 0 aliphatic heterocycles. The summed E-state index contributed by atoms with van der Waals surface area (Å²) in [6, 6.07) is 0. The predicted octanol–water partition coefficient (Wildman–Crippen LogP) is -3.13. The molecule has 5 heteroatoms. The fraction of sp³-hybridized carbons (Fsp3) is 0. The Labute approximate surface area is 160 Å². The smallest absolute Gasteiger partial charge is 0 e. The van der Waals surface area contributed by atoms with Crippen molar-refractivity contribution in [3.05, 3.63) is 0 Å². The molecule has 0 fully saturated rings. The van der Waals surface area contributed by atoms with E-state index in [4.69, 9.17) is 0 Å². The third-order valence-electron chi connectivity index (χ3n) is 0. The summed E-state index contributed by atoms with van der Waals surface area (Å²) < 4.78 is 0. The Morgan fingerprint density at radius 2 is 1.00 bits per heavy atom. The molecule has 0 saturated heterocycles. The summed E-state index contributed by atoms with van der Waals surface area (Å²) in [4.78, 5) is 0. The summed E-state index contributed by atoms with van der Waals surface area (Å²) in [5.41, 5.74) is 0. The fourth-order valence-electron chi connectivity index (χ4n) is 0. The molecule has 0 amide bonds. The molecule has 0 heterocycles. The van der Waals surface area contributed by atoms with Crippen LogP contribution in [0.5, 0.6) is 0 Å². The fourth-order valence-corrected chi connectivity index (χ4v) is 0. The quantitative estimate of drug-likeness (QED) is 0.390. The summed E-state index contributed by atoms with van der Waals surface area (Å²) in [6.07, 6.45) is 0. The van der Waals surface area contributed by atoms with Gasteiger partial charge >= 0.3 is 146 Å². The van der Waals surface area contributed by atoms with Crippen molar-refractivity contribution in [3.63, 3.8) is 0 Å². The molecular formula is H6CaKNaPbZn. The second kappa shape index (κ2) is 22.7. The second-order valence-corrected chi connectivity index (χ2v) is 0. The Morgan fingerprint density at radius 3 is 1.00 bits per heavy atom. The monoisotopic (exact) mass is 380 g/mol. The van der Waals surface area contributed by atoms with Crippen LogP contribution in [0.4, 0.5) is 0 Å². The van der Waals surface area contributed by atoms with E-state index in [-0.39, 0.29) is 165 Å². The summed E-state index contributed by atoms with van der Waals surface area (Å²) in [6.45, 7) is 0. The van der Waals surface area contributed by atoms with Crippen LogP contribution in [0, 0.1) is 0 Å². The zero-order valence-electron chi connectivity index (χ0n) is 1.41. The van der Waals surface area contributed by atoms with Gasteiger partial charge in [0.15, 0.2) is 0 Å². The van der Waals surface area contributed by atoms with Crippen LogP contribution in [0.2, 0.25) is 0 Å². The van der Waals surface area contributed by atoms with Crippen molar-refractivity contribution in [1.82, 2.24) is 0 Å². The predicted molar refractivity (Wildman–Crippen MR) is 31.4 cm³/mol. The van der Waals surface area contributed by atoms with E-state index in [2.05, 4.69) is 0 Å². The van der Waals surface area contributed by atoms with Gasteiger partial charge in [-0.25, -0.2) is 0 Å². The first-order valence-electron chi connectivity index (χ1n) is 0. The standard InChI is InChI=1S/Ca.K.Na.Pb.Zn.6H. The van der Waals surface area contributed by atoms with Gasteiger partial charge in [-0.2, -0.15) is 0 Å². The van der Waals surface area contributed by atoms with E-state index < -0.39 is 0 Å². The van der Waals surface area contributed by atoms with Crippen molar-refractivity contribution in [3.8, 4) is 0 Å². The van der Waals surface area contributed by atoms with Gasteiger partial charge in [-0.3, -0.25) is 0 Å². The van der Waals surface area contributed by atoms with Gasteiger partial charge in [-0.05, 0) is 0 Å². The van der Waals surface area contributed by atoms with Crippen LogP contribution >= 0.6 is 0 Å². The molecular weight excluding hydrogens is 375 g/mol. The zero-order chi connectivity index (χ0) is 0. The molecule has 0 aliphatic rings. The van der Waals surface area contributed by atoms with Gasteiger partial charge in [-0.15, -0.1) is 0 Å². The van der Waals surface area contributed by atoms with Gasteiger partial charge in [0.2, 0.25) is 0 Å². The third kappa shape index (κ3) is 17.7. The average molecular weight is 381 g/mol. The summed E-state index contributed by atoms with van der Waals surface area (Å²) in [5.74, 6) is 0. The van der Waals surface area contributed by atoms with Crippen LogP contribution < -0.4 is 0 Å². The molecule has 0 aromatic heterocycles. The summed E-state index contributed by atoms with van der Waals surface area (Å²) in [7, 11) is 0. The minimum absolute atomic E-state index is 0. The van der Waals surface area contributed by atoms with E-state index in [1.54, 1.807) is 0 Å². The SMILES string of the molecule is [CaH2].[KH].[NaH].[PbH2].[Zn]. The first kappa shape index (κ1) is 31.4. The maximum Gasteiger partial charge on any atom is 0 e. The first-order valence-corrected chi connectivity index (χ1v) is 0. The van der Waals surface area contributed by atoms with Gasteiger partial charge in [-0.1, -0.05) is 0 Å². The van der Waals surface area contributed by atoms with Crippen molar-refractivity contribution >= 4 is 146 Å². The molecule has 0 bridgehead atoms. The van der Waals surface area contributed by atoms with Gasteiger partial charge in [0.1, 0.15) is 0 Å². The maximum atomic E-state index is 0. The second-order valence-electron chi connectivity index (χ2n) is 0. The Morgan fingerprint density at radius 1 is 1.00 bits per heavy atom. The van der Waals surface area contributed by atoms with E-state index >= 15 is 0 Å². The van der Waals surface area contributed by atoms with Crippen LogP contribution in [0.1, 0.15) is 0 Å². The van der Waals surface area contributed by atoms with E-state index in [1.165, 1.54) is 0 Å². The van der Waals surface area contributed by atoms with E-state index in [1.807, 2.05) is 0 Å². The van der Waals surface area contributed by atoms with Crippen LogP contribution in [0.15, 0.2) is 0 Å². The average Bonchev–Trinajstić information content (AvgIpc) is 0. The van der Waals surface area contributed by atoms with Crippen molar-refractivity contribution in [2.24, 2.45) is 0 Å². The van der Waals surface area contributed by atoms with Gasteiger partial charge in [0.05, 0.1) is 0 Å². The summed E-state index contributed by atoms with van der Waals surface area (Å²) in [5, 5.41) is 0. The first-order chi connectivity index (χ1) is 0. The van der Waals surface area contributed by atoms with E-state index in [0.29, 0.717) is 0 Å². The number of hydrogen-bond donors (Lipinski definition) is 0. The minimum Gasteiger partial charge on any atom is 0 e. The molecule has 2 radical (unpaired) electrons. The Hall–Kier alpha value is 5.44. The topological polar surface area (TPSA) is 0 Å². The van der Waals surface area contributed by atoms with Gasteiger partial charge < -0.3 is 0 Å². The number of hydrogen-bond acceptors (Lipinski definition) is 0. The molecule has 0 unspecified atom stereocenters. The van der Waals surface area contributed by atoms with Crippen molar-refractivity contribution < 1.29 is 19.5 Å². The van der Waals surface area contributed by atoms with E-state index in [9.17, 15) is 0 Å². The molecule has 0 aromatic rings. The number of rotatable bonds is 0. The third-order valence-corrected chi connectivity index (χ3v) is 0. The Kier molecular flexibility index (Phi) is 143. The van der Waals surface area contributed by atoms with Crippen LogP contribution in [0.25, 0.3) is 0 Å². The molecule has 5 heavy (non-hydrogen) atoms. The zero-order valence-corrected chi connectivity index (χ0v) is 9.88. The molecule has 0 atom stereocenters. The largest absolute Gasteiger partial charge is 0 e. The molecule has 0 N–H and O–H groups in total. The van der Waals surface area contributed by atoms with Crippen LogP contribution in [0.3, 0.4) is 0 Å². The van der Waals surface area contributed by atoms with Crippen LogP contribution in [-0.4, -0.2) is 146 Å². The molecule has 0 nitrogen and oxygen atoms in total.